The van der Waals surface area contributed by atoms with Gasteiger partial charge in [0.2, 0.25) is 5.91 Å². The van der Waals surface area contributed by atoms with Crippen LogP contribution in [0.25, 0.3) is 21.7 Å². The third-order valence-electron chi connectivity index (χ3n) is 4.13. The van der Waals surface area contributed by atoms with E-state index in [0.717, 1.165) is 34.8 Å². The zero-order valence-corrected chi connectivity index (χ0v) is 14.2. The highest BCUT2D eigenvalue weighted by atomic mass is 32.1. The number of aromatic nitrogens is 3. The number of anilines is 1. The molecule has 1 fully saturated rings. The van der Waals surface area contributed by atoms with Crippen molar-refractivity contribution in [2.75, 3.05) is 24.7 Å². The third-order valence-corrected chi connectivity index (χ3v) is 4.94. The van der Waals surface area contributed by atoms with Gasteiger partial charge in [-0.1, -0.05) is 13.0 Å². The van der Waals surface area contributed by atoms with Crippen molar-refractivity contribution in [1.82, 2.24) is 19.9 Å². The third kappa shape index (κ3) is 2.60. The average molecular weight is 339 g/mol. The van der Waals surface area contributed by atoms with Crippen LogP contribution in [0.5, 0.6) is 0 Å². The maximum atomic E-state index is 12.0. The lowest BCUT2D eigenvalue weighted by Crippen LogP contribution is -2.30. The average Bonchev–Trinajstić information content (AvgIpc) is 3.30. The van der Waals surface area contributed by atoms with Gasteiger partial charge in [0.1, 0.15) is 16.3 Å². The summed E-state index contributed by atoms with van der Waals surface area (Å²) < 4.78 is 0. The van der Waals surface area contributed by atoms with Crippen LogP contribution < -0.4 is 4.90 Å². The number of rotatable bonds is 3. The second-order valence-corrected chi connectivity index (χ2v) is 6.54. The molecule has 6 nitrogen and oxygen atoms in total. The lowest BCUT2D eigenvalue weighted by Gasteiger charge is -2.20. The van der Waals surface area contributed by atoms with E-state index < -0.39 is 0 Å². The van der Waals surface area contributed by atoms with Gasteiger partial charge in [0.25, 0.3) is 0 Å². The molecule has 1 aliphatic heterocycles. The molecule has 1 amide bonds. The molecule has 7 heteroatoms. The summed E-state index contributed by atoms with van der Waals surface area (Å²) >= 11 is 1.59. The van der Waals surface area contributed by atoms with Gasteiger partial charge in [0, 0.05) is 25.7 Å². The maximum absolute atomic E-state index is 12.0. The van der Waals surface area contributed by atoms with Crippen LogP contribution in [0.4, 0.5) is 5.82 Å². The molecular weight excluding hydrogens is 322 g/mol. The first kappa shape index (κ1) is 15.0. The molecule has 3 aromatic heterocycles. The largest absolute Gasteiger partial charge is 0.336 e. The molecule has 0 aliphatic carbocycles. The van der Waals surface area contributed by atoms with E-state index in [1.165, 1.54) is 0 Å². The van der Waals surface area contributed by atoms with Crippen LogP contribution in [0.1, 0.15) is 13.3 Å². The van der Waals surface area contributed by atoms with Crippen molar-refractivity contribution in [1.29, 1.82) is 0 Å². The minimum absolute atomic E-state index is 0.179. The number of hydrogen-bond acceptors (Lipinski definition) is 6. The van der Waals surface area contributed by atoms with Crippen molar-refractivity contribution < 1.29 is 4.79 Å². The summed E-state index contributed by atoms with van der Waals surface area (Å²) in [6, 6.07) is 7.77. The van der Waals surface area contributed by atoms with Crippen molar-refractivity contribution >= 4 is 33.3 Å². The van der Waals surface area contributed by atoms with E-state index in [9.17, 15) is 4.79 Å². The first-order valence-electron chi connectivity index (χ1n) is 7.95. The SMILES string of the molecule is CCC(=O)N1CCN(c2nc(-c3ccccn3)nc3sccc23)C1. The Morgan fingerprint density at radius 2 is 2.17 bits per heavy atom. The van der Waals surface area contributed by atoms with Crippen LogP contribution in [-0.4, -0.2) is 45.5 Å². The highest BCUT2D eigenvalue weighted by Crippen LogP contribution is 2.31. The Morgan fingerprint density at radius 1 is 1.25 bits per heavy atom. The second kappa shape index (κ2) is 6.16. The number of amides is 1. The number of carbonyl (C=O) groups excluding carboxylic acids is 1. The number of hydrogen-bond donors (Lipinski definition) is 0. The van der Waals surface area contributed by atoms with E-state index in [1.54, 1.807) is 17.5 Å². The van der Waals surface area contributed by atoms with Crippen molar-refractivity contribution in [3.05, 3.63) is 35.8 Å². The normalized spacial score (nSPS) is 14.5. The Bertz CT molecular complexity index is 879. The van der Waals surface area contributed by atoms with Gasteiger partial charge in [-0.3, -0.25) is 9.78 Å². The number of thiophene rings is 1. The van der Waals surface area contributed by atoms with E-state index >= 15 is 0 Å². The van der Waals surface area contributed by atoms with Gasteiger partial charge in [-0.2, -0.15) is 0 Å². The molecular formula is C17H17N5OS. The molecule has 0 radical (unpaired) electrons. The Labute approximate surface area is 143 Å². The monoisotopic (exact) mass is 339 g/mol. The van der Waals surface area contributed by atoms with Crippen molar-refractivity contribution in [3.63, 3.8) is 0 Å². The van der Waals surface area contributed by atoms with E-state index in [1.807, 2.05) is 41.5 Å². The van der Waals surface area contributed by atoms with Crippen LogP contribution >= 0.6 is 11.3 Å². The summed E-state index contributed by atoms with van der Waals surface area (Å²) in [5, 5.41) is 3.06. The van der Waals surface area contributed by atoms with Gasteiger partial charge >= 0.3 is 0 Å². The smallest absolute Gasteiger partial charge is 0.223 e. The first-order valence-corrected chi connectivity index (χ1v) is 8.83. The Kier molecular flexibility index (Phi) is 3.86. The molecule has 4 rings (SSSR count). The topological polar surface area (TPSA) is 62.2 Å². The Morgan fingerprint density at radius 3 is 2.96 bits per heavy atom. The van der Waals surface area contributed by atoms with Gasteiger partial charge in [0.05, 0.1) is 12.1 Å². The number of carbonyl (C=O) groups is 1. The first-order chi connectivity index (χ1) is 11.8. The summed E-state index contributed by atoms with van der Waals surface area (Å²) in [6.07, 6.45) is 2.28. The Balaban J connectivity index is 1.75. The van der Waals surface area contributed by atoms with E-state index in [-0.39, 0.29) is 5.91 Å². The summed E-state index contributed by atoms with van der Waals surface area (Å²) in [5.74, 6) is 1.69. The quantitative estimate of drug-likeness (QED) is 0.734. The van der Waals surface area contributed by atoms with Crippen LogP contribution in [-0.2, 0) is 4.79 Å². The standard InChI is InChI=1S/C17H17N5OS/c1-2-14(23)21-8-9-22(11-21)16-12-6-10-24-17(12)20-15(19-16)13-5-3-4-7-18-13/h3-7,10H,2,8-9,11H2,1H3. The lowest BCUT2D eigenvalue weighted by atomic mass is 10.3. The van der Waals surface area contributed by atoms with Crippen LogP contribution in [0.2, 0.25) is 0 Å². The van der Waals surface area contributed by atoms with Crippen LogP contribution in [0, 0.1) is 0 Å². The summed E-state index contributed by atoms with van der Waals surface area (Å²) in [4.78, 5) is 30.7. The summed E-state index contributed by atoms with van der Waals surface area (Å²) in [5.41, 5.74) is 0.759. The highest BCUT2D eigenvalue weighted by Gasteiger charge is 2.26. The minimum atomic E-state index is 0.179. The molecule has 1 saturated heterocycles. The van der Waals surface area contributed by atoms with E-state index in [4.69, 9.17) is 4.98 Å². The molecule has 4 heterocycles. The van der Waals surface area contributed by atoms with Crippen molar-refractivity contribution in [2.45, 2.75) is 13.3 Å². The highest BCUT2D eigenvalue weighted by molar-refractivity contribution is 7.16. The van der Waals surface area contributed by atoms with E-state index in [0.29, 0.717) is 18.9 Å². The molecule has 0 atom stereocenters. The van der Waals surface area contributed by atoms with Crippen LogP contribution in [0.15, 0.2) is 35.8 Å². The number of pyridine rings is 1. The fraction of sp³-hybridized carbons (Fsp3) is 0.294. The van der Waals surface area contributed by atoms with Gasteiger partial charge in [-0.25, -0.2) is 9.97 Å². The molecule has 0 saturated carbocycles. The van der Waals surface area contributed by atoms with Gasteiger partial charge < -0.3 is 9.80 Å². The molecule has 0 aromatic carbocycles. The zero-order valence-electron chi connectivity index (χ0n) is 13.3. The molecule has 0 N–H and O–H groups in total. The molecule has 3 aromatic rings. The van der Waals surface area contributed by atoms with Gasteiger partial charge in [0.15, 0.2) is 5.82 Å². The number of nitrogens with zero attached hydrogens (tertiary/aromatic N) is 5. The number of fused-ring (bicyclic) bond motifs is 1. The van der Waals surface area contributed by atoms with E-state index in [2.05, 4.69) is 14.9 Å². The predicted octanol–water partition coefficient (Wildman–Crippen LogP) is 2.77. The van der Waals surface area contributed by atoms with Crippen molar-refractivity contribution in [3.8, 4) is 11.5 Å². The molecule has 0 bridgehead atoms. The molecule has 122 valence electrons. The fourth-order valence-corrected chi connectivity index (χ4v) is 3.64. The van der Waals surface area contributed by atoms with Crippen molar-refractivity contribution in [2.24, 2.45) is 0 Å². The summed E-state index contributed by atoms with van der Waals surface area (Å²) in [7, 11) is 0. The van der Waals surface area contributed by atoms with Gasteiger partial charge in [-0.15, -0.1) is 11.3 Å². The lowest BCUT2D eigenvalue weighted by molar-refractivity contribution is -0.129. The molecule has 0 unspecified atom stereocenters. The van der Waals surface area contributed by atoms with Crippen LogP contribution in [0.3, 0.4) is 0 Å². The maximum Gasteiger partial charge on any atom is 0.223 e. The molecule has 1 aliphatic rings. The predicted molar refractivity (Wildman–Crippen MR) is 94.9 cm³/mol. The second-order valence-electron chi connectivity index (χ2n) is 5.64. The zero-order chi connectivity index (χ0) is 16.5. The van der Waals surface area contributed by atoms with Gasteiger partial charge in [-0.05, 0) is 23.6 Å². The summed E-state index contributed by atoms with van der Waals surface area (Å²) in [6.45, 7) is 4.00. The fourth-order valence-electron chi connectivity index (χ4n) is 2.88. The minimum Gasteiger partial charge on any atom is -0.336 e. The molecule has 24 heavy (non-hydrogen) atoms. The Hall–Kier alpha value is -2.54. The molecule has 0 spiro atoms.